The van der Waals surface area contributed by atoms with Crippen molar-refractivity contribution < 1.29 is 14.3 Å². The SMILES string of the molecule is CC(C)c1ccc(CN2C(=O)C(N[C@@H](CCc3ccccc3)C(N)=O)COc3ccccc32)cc1. The zero-order valence-corrected chi connectivity index (χ0v) is 20.3. The number of ether oxygens (including phenoxy) is 1. The fraction of sp³-hybridized carbons (Fsp3) is 0.310. The fourth-order valence-electron chi connectivity index (χ4n) is 4.33. The standard InChI is InChI=1S/C29H33N3O3/c1-20(2)23-15-12-22(13-16-23)18-32-26-10-6-7-11-27(26)35-19-25(29(32)34)31-24(28(30)33)17-14-21-8-4-3-5-9-21/h3-13,15-16,20,24-25,31H,14,17-19H2,1-2H3,(H2,30,33)/t24-,25?/m0/s1. The van der Waals surface area contributed by atoms with Gasteiger partial charge < -0.3 is 15.4 Å². The number of primary amides is 1. The lowest BCUT2D eigenvalue weighted by molar-refractivity contribution is -0.123. The van der Waals surface area contributed by atoms with E-state index in [-0.39, 0.29) is 12.5 Å². The van der Waals surface area contributed by atoms with Gasteiger partial charge in [-0.3, -0.25) is 14.9 Å². The molecule has 3 aromatic carbocycles. The van der Waals surface area contributed by atoms with Crippen molar-refractivity contribution >= 4 is 17.5 Å². The number of nitrogens with zero attached hydrogens (tertiary/aromatic N) is 1. The second-order valence-corrected chi connectivity index (χ2v) is 9.30. The van der Waals surface area contributed by atoms with E-state index in [1.54, 1.807) is 4.90 Å². The minimum absolute atomic E-state index is 0.119. The topological polar surface area (TPSA) is 84.7 Å². The smallest absolute Gasteiger partial charge is 0.248 e. The first kappa shape index (κ1) is 24.5. The molecule has 0 aromatic heterocycles. The summed E-state index contributed by atoms with van der Waals surface area (Å²) in [4.78, 5) is 27.7. The number of nitrogens with one attached hydrogen (secondary N) is 1. The largest absolute Gasteiger partial charge is 0.489 e. The first-order valence-corrected chi connectivity index (χ1v) is 12.1. The van der Waals surface area contributed by atoms with Crippen LogP contribution in [-0.2, 0) is 22.6 Å². The number of aryl methyl sites for hydroxylation is 1. The molecular weight excluding hydrogens is 438 g/mol. The van der Waals surface area contributed by atoms with E-state index in [0.717, 1.165) is 16.8 Å². The summed E-state index contributed by atoms with van der Waals surface area (Å²) in [5.41, 5.74) is 9.82. The van der Waals surface area contributed by atoms with Crippen molar-refractivity contribution in [1.29, 1.82) is 0 Å². The minimum Gasteiger partial charge on any atom is -0.489 e. The number of rotatable bonds is 9. The second-order valence-electron chi connectivity index (χ2n) is 9.30. The Kier molecular flexibility index (Phi) is 7.83. The van der Waals surface area contributed by atoms with Crippen LogP contribution in [0.25, 0.3) is 0 Å². The summed E-state index contributed by atoms with van der Waals surface area (Å²) >= 11 is 0. The van der Waals surface area contributed by atoms with Gasteiger partial charge in [0.1, 0.15) is 18.4 Å². The van der Waals surface area contributed by atoms with Crippen molar-refractivity contribution in [2.24, 2.45) is 5.73 Å². The number of nitrogens with two attached hydrogens (primary N) is 1. The number of hydrogen-bond acceptors (Lipinski definition) is 4. The third-order valence-electron chi connectivity index (χ3n) is 6.42. The molecule has 6 nitrogen and oxygen atoms in total. The highest BCUT2D eigenvalue weighted by molar-refractivity contribution is 5.99. The summed E-state index contributed by atoms with van der Waals surface area (Å²) in [6, 6.07) is 24.4. The molecule has 3 N–H and O–H groups in total. The van der Waals surface area contributed by atoms with Gasteiger partial charge in [-0.25, -0.2) is 0 Å². The van der Waals surface area contributed by atoms with Crippen LogP contribution in [-0.4, -0.2) is 30.5 Å². The Labute approximate surface area is 207 Å². The molecule has 0 radical (unpaired) electrons. The Morgan fingerprint density at radius 2 is 1.69 bits per heavy atom. The number of para-hydroxylation sites is 2. The average Bonchev–Trinajstić information content (AvgIpc) is 2.99. The van der Waals surface area contributed by atoms with Gasteiger partial charge in [0.15, 0.2) is 0 Å². The van der Waals surface area contributed by atoms with Crippen LogP contribution in [0.4, 0.5) is 5.69 Å². The van der Waals surface area contributed by atoms with Crippen molar-refractivity contribution in [3.8, 4) is 5.75 Å². The van der Waals surface area contributed by atoms with Gasteiger partial charge in [0.2, 0.25) is 11.8 Å². The van der Waals surface area contributed by atoms with Gasteiger partial charge in [0.25, 0.3) is 0 Å². The molecule has 6 heteroatoms. The average molecular weight is 472 g/mol. The van der Waals surface area contributed by atoms with Gasteiger partial charge in [0, 0.05) is 0 Å². The predicted molar refractivity (Wildman–Crippen MR) is 138 cm³/mol. The molecule has 0 fully saturated rings. The molecule has 0 spiro atoms. The zero-order chi connectivity index (χ0) is 24.8. The van der Waals surface area contributed by atoms with Gasteiger partial charge in [-0.1, -0.05) is 80.6 Å². The molecule has 1 heterocycles. The van der Waals surface area contributed by atoms with Crippen LogP contribution in [0, 0.1) is 0 Å². The summed E-state index contributed by atoms with van der Waals surface area (Å²) in [5.74, 6) is 0.456. The molecule has 0 saturated heterocycles. The normalized spacial score (nSPS) is 16.4. The van der Waals surface area contributed by atoms with E-state index in [9.17, 15) is 9.59 Å². The number of anilines is 1. The van der Waals surface area contributed by atoms with Gasteiger partial charge in [-0.05, 0) is 47.6 Å². The van der Waals surface area contributed by atoms with Gasteiger partial charge in [0.05, 0.1) is 18.3 Å². The molecule has 1 aliphatic rings. The molecule has 182 valence electrons. The molecule has 0 saturated carbocycles. The van der Waals surface area contributed by atoms with Crippen LogP contribution < -0.4 is 20.7 Å². The summed E-state index contributed by atoms with van der Waals surface area (Å²) in [5, 5.41) is 3.20. The van der Waals surface area contributed by atoms with Gasteiger partial charge in [-0.15, -0.1) is 0 Å². The van der Waals surface area contributed by atoms with Crippen molar-refractivity contribution in [3.05, 3.63) is 95.6 Å². The third kappa shape index (κ3) is 6.08. The fourth-order valence-corrected chi connectivity index (χ4v) is 4.33. The Balaban J connectivity index is 1.54. The molecule has 2 atom stereocenters. The molecule has 2 amide bonds. The van der Waals surface area contributed by atoms with E-state index in [0.29, 0.717) is 31.1 Å². The summed E-state index contributed by atoms with van der Waals surface area (Å²) in [6.07, 6.45) is 1.17. The van der Waals surface area contributed by atoms with Gasteiger partial charge >= 0.3 is 0 Å². The van der Waals surface area contributed by atoms with Crippen LogP contribution in [0.3, 0.4) is 0 Å². The lowest BCUT2D eigenvalue weighted by Gasteiger charge is -2.27. The summed E-state index contributed by atoms with van der Waals surface area (Å²) in [7, 11) is 0. The zero-order valence-electron chi connectivity index (χ0n) is 20.3. The molecule has 1 aliphatic heterocycles. The van der Waals surface area contributed by atoms with E-state index < -0.39 is 18.0 Å². The maximum Gasteiger partial charge on any atom is 0.248 e. The monoisotopic (exact) mass is 471 g/mol. The number of benzene rings is 3. The van der Waals surface area contributed by atoms with Gasteiger partial charge in [-0.2, -0.15) is 0 Å². The highest BCUT2D eigenvalue weighted by atomic mass is 16.5. The molecule has 1 unspecified atom stereocenters. The van der Waals surface area contributed by atoms with Crippen molar-refractivity contribution in [2.45, 2.75) is 51.2 Å². The lowest BCUT2D eigenvalue weighted by atomic mass is 10.0. The van der Waals surface area contributed by atoms with Crippen LogP contribution in [0.5, 0.6) is 5.75 Å². The molecule has 35 heavy (non-hydrogen) atoms. The Hall–Kier alpha value is -3.64. The maximum atomic E-state index is 13.8. The molecular formula is C29H33N3O3. The Morgan fingerprint density at radius 1 is 1.00 bits per heavy atom. The van der Waals surface area contributed by atoms with Crippen molar-refractivity contribution in [1.82, 2.24) is 5.32 Å². The Bertz CT molecular complexity index is 1150. The number of carbonyl (C=O) groups excluding carboxylic acids is 2. The maximum absolute atomic E-state index is 13.8. The molecule has 0 aliphatic carbocycles. The van der Waals surface area contributed by atoms with E-state index in [4.69, 9.17) is 10.5 Å². The van der Waals surface area contributed by atoms with E-state index in [1.165, 1.54) is 5.56 Å². The highest BCUT2D eigenvalue weighted by Crippen LogP contribution is 2.32. The number of amides is 2. The highest BCUT2D eigenvalue weighted by Gasteiger charge is 2.34. The summed E-state index contributed by atoms with van der Waals surface area (Å²) in [6.45, 7) is 4.84. The molecule has 3 aromatic rings. The summed E-state index contributed by atoms with van der Waals surface area (Å²) < 4.78 is 6.02. The molecule has 4 rings (SSSR count). The number of fused-ring (bicyclic) bond motifs is 1. The van der Waals surface area contributed by atoms with Crippen molar-refractivity contribution in [3.63, 3.8) is 0 Å². The first-order chi connectivity index (χ1) is 16.9. The lowest BCUT2D eigenvalue weighted by Crippen LogP contribution is -2.55. The quantitative estimate of drug-likeness (QED) is 0.490. The first-order valence-electron chi connectivity index (χ1n) is 12.1. The van der Waals surface area contributed by atoms with Crippen molar-refractivity contribution in [2.75, 3.05) is 11.5 Å². The Morgan fingerprint density at radius 3 is 2.37 bits per heavy atom. The number of carbonyl (C=O) groups is 2. The number of hydrogen-bond donors (Lipinski definition) is 2. The third-order valence-corrected chi connectivity index (χ3v) is 6.42. The van der Waals surface area contributed by atoms with Crippen LogP contribution in [0.2, 0.25) is 0 Å². The van der Waals surface area contributed by atoms with Crippen LogP contribution in [0.15, 0.2) is 78.9 Å². The predicted octanol–water partition coefficient (Wildman–Crippen LogP) is 4.18. The second kappa shape index (κ2) is 11.2. The van der Waals surface area contributed by atoms with Crippen LogP contribution >= 0.6 is 0 Å². The van der Waals surface area contributed by atoms with E-state index in [2.05, 4.69) is 43.4 Å². The minimum atomic E-state index is -0.703. The van der Waals surface area contributed by atoms with E-state index in [1.807, 2.05) is 54.6 Å². The molecule has 0 bridgehead atoms. The van der Waals surface area contributed by atoms with Crippen LogP contribution in [0.1, 0.15) is 42.9 Å². The van der Waals surface area contributed by atoms with E-state index >= 15 is 0 Å².